The Labute approximate surface area is 131 Å². The van der Waals surface area contributed by atoms with Gasteiger partial charge >= 0.3 is 0 Å². The van der Waals surface area contributed by atoms with Gasteiger partial charge in [-0.3, -0.25) is 0 Å². The Morgan fingerprint density at radius 1 is 1.29 bits per heavy atom. The molecule has 0 atom stereocenters. The first-order valence-corrected chi connectivity index (χ1v) is 8.98. The molecule has 0 spiro atoms. The van der Waals surface area contributed by atoms with Crippen LogP contribution in [0.5, 0.6) is 0 Å². The standard InChI is InChI=1S/C18H26N2S/c1-13(2)14-7-9-18(12-19,10-8-14)11-17-20-15-5-3-4-6-16(15)21-17/h3-6,13-14H,7-12,19H2,1-2H3. The molecule has 2 aromatic rings. The molecule has 0 radical (unpaired) electrons. The molecule has 1 aliphatic carbocycles. The number of nitrogens with zero attached hydrogens (tertiary/aromatic N) is 1. The number of aromatic nitrogens is 1. The van der Waals surface area contributed by atoms with Gasteiger partial charge in [0.15, 0.2) is 0 Å². The topological polar surface area (TPSA) is 38.9 Å². The summed E-state index contributed by atoms with van der Waals surface area (Å²) in [6.07, 6.45) is 6.26. The highest BCUT2D eigenvalue weighted by molar-refractivity contribution is 7.18. The minimum Gasteiger partial charge on any atom is -0.330 e. The molecule has 3 heteroatoms. The number of thiazole rings is 1. The van der Waals surface area contributed by atoms with Crippen molar-refractivity contribution < 1.29 is 0 Å². The van der Waals surface area contributed by atoms with E-state index < -0.39 is 0 Å². The molecule has 1 fully saturated rings. The molecule has 0 amide bonds. The third-order valence-corrected chi connectivity index (χ3v) is 6.37. The number of para-hydroxylation sites is 1. The fourth-order valence-corrected chi connectivity index (χ4v) is 4.83. The van der Waals surface area contributed by atoms with Gasteiger partial charge in [0.2, 0.25) is 0 Å². The molecule has 0 aliphatic heterocycles. The zero-order valence-corrected chi connectivity index (χ0v) is 14.0. The number of nitrogens with two attached hydrogens (primary N) is 1. The van der Waals surface area contributed by atoms with Crippen molar-refractivity contribution in [1.82, 2.24) is 4.98 Å². The molecule has 3 rings (SSSR count). The lowest BCUT2D eigenvalue weighted by Gasteiger charge is -2.40. The Kier molecular flexibility index (Phi) is 4.32. The van der Waals surface area contributed by atoms with E-state index in [1.165, 1.54) is 35.4 Å². The average Bonchev–Trinajstić information content (AvgIpc) is 2.89. The minimum absolute atomic E-state index is 0.291. The molecule has 0 saturated heterocycles. The summed E-state index contributed by atoms with van der Waals surface area (Å²) in [5, 5.41) is 1.27. The summed E-state index contributed by atoms with van der Waals surface area (Å²) in [5.41, 5.74) is 7.61. The van der Waals surface area contributed by atoms with Gasteiger partial charge in [0.1, 0.15) is 0 Å². The van der Waals surface area contributed by atoms with E-state index in [-0.39, 0.29) is 0 Å². The highest BCUT2D eigenvalue weighted by Gasteiger charge is 2.35. The fourth-order valence-electron chi connectivity index (χ4n) is 3.69. The van der Waals surface area contributed by atoms with Crippen molar-refractivity contribution in [2.24, 2.45) is 23.0 Å². The highest BCUT2D eigenvalue weighted by atomic mass is 32.1. The zero-order valence-electron chi connectivity index (χ0n) is 13.1. The van der Waals surface area contributed by atoms with E-state index in [0.717, 1.165) is 30.3 Å². The third-order valence-electron chi connectivity index (χ3n) is 5.33. The summed E-state index contributed by atoms with van der Waals surface area (Å²) >= 11 is 1.85. The lowest BCUT2D eigenvalue weighted by atomic mass is 9.66. The molecule has 2 N–H and O–H groups in total. The molecule has 1 aromatic heterocycles. The predicted octanol–water partition coefficient (Wildman–Crippen LogP) is 4.63. The monoisotopic (exact) mass is 302 g/mol. The van der Waals surface area contributed by atoms with Gasteiger partial charge in [0, 0.05) is 6.42 Å². The van der Waals surface area contributed by atoms with Gasteiger partial charge in [0.25, 0.3) is 0 Å². The van der Waals surface area contributed by atoms with E-state index in [0.29, 0.717) is 5.41 Å². The minimum atomic E-state index is 0.291. The molecule has 1 saturated carbocycles. The van der Waals surface area contributed by atoms with Crippen LogP contribution in [0, 0.1) is 17.3 Å². The first kappa shape index (κ1) is 15.0. The number of fused-ring (bicyclic) bond motifs is 1. The van der Waals surface area contributed by atoms with Crippen LogP contribution in [-0.2, 0) is 6.42 Å². The van der Waals surface area contributed by atoms with Crippen molar-refractivity contribution in [3.05, 3.63) is 29.3 Å². The van der Waals surface area contributed by atoms with E-state index in [4.69, 9.17) is 10.7 Å². The van der Waals surface area contributed by atoms with Crippen molar-refractivity contribution in [1.29, 1.82) is 0 Å². The zero-order chi connectivity index (χ0) is 14.9. The SMILES string of the molecule is CC(C)C1CCC(CN)(Cc2nc3ccccc3s2)CC1. The van der Waals surface area contributed by atoms with E-state index in [2.05, 4.69) is 38.1 Å². The smallest absolute Gasteiger partial charge is 0.0944 e. The van der Waals surface area contributed by atoms with E-state index in [1.54, 1.807) is 0 Å². The maximum atomic E-state index is 6.18. The van der Waals surface area contributed by atoms with Crippen LogP contribution >= 0.6 is 11.3 Å². The molecular weight excluding hydrogens is 276 g/mol. The first-order valence-electron chi connectivity index (χ1n) is 8.16. The van der Waals surface area contributed by atoms with Crippen molar-refractivity contribution in [2.45, 2.75) is 46.0 Å². The van der Waals surface area contributed by atoms with E-state index in [9.17, 15) is 0 Å². The number of benzene rings is 1. The summed E-state index contributed by atoms with van der Waals surface area (Å²) in [7, 11) is 0. The van der Waals surface area contributed by atoms with Crippen LogP contribution < -0.4 is 5.73 Å². The second-order valence-electron chi connectivity index (χ2n) is 7.04. The maximum absolute atomic E-state index is 6.18. The maximum Gasteiger partial charge on any atom is 0.0944 e. The van der Waals surface area contributed by atoms with Gasteiger partial charge in [-0.2, -0.15) is 0 Å². The van der Waals surface area contributed by atoms with Crippen molar-refractivity contribution in [2.75, 3.05) is 6.54 Å². The van der Waals surface area contributed by atoms with E-state index >= 15 is 0 Å². The second kappa shape index (κ2) is 6.05. The first-order chi connectivity index (χ1) is 10.1. The molecule has 1 aliphatic rings. The lowest BCUT2D eigenvalue weighted by Crippen LogP contribution is -2.37. The van der Waals surface area contributed by atoms with Gasteiger partial charge in [-0.1, -0.05) is 26.0 Å². The lowest BCUT2D eigenvalue weighted by molar-refractivity contribution is 0.132. The van der Waals surface area contributed by atoms with E-state index in [1.807, 2.05) is 11.3 Å². The van der Waals surface area contributed by atoms with Gasteiger partial charge < -0.3 is 5.73 Å². The largest absolute Gasteiger partial charge is 0.330 e. The molecule has 0 bridgehead atoms. The average molecular weight is 302 g/mol. The van der Waals surface area contributed by atoms with Crippen LogP contribution in [0.3, 0.4) is 0 Å². The van der Waals surface area contributed by atoms with Crippen molar-refractivity contribution in [3.63, 3.8) is 0 Å². The Bertz CT molecular complexity index is 561. The summed E-state index contributed by atoms with van der Waals surface area (Å²) in [6, 6.07) is 8.44. The quantitative estimate of drug-likeness (QED) is 0.894. The summed E-state index contributed by atoms with van der Waals surface area (Å²) in [4.78, 5) is 4.82. The molecule has 21 heavy (non-hydrogen) atoms. The summed E-state index contributed by atoms with van der Waals surface area (Å²) in [6.45, 7) is 5.51. The molecule has 114 valence electrons. The van der Waals surface area contributed by atoms with Crippen LogP contribution in [0.25, 0.3) is 10.2 Å². The van der Waals surface area contributed by atoms with Gasteiger partial charge in [-0.05, 0) is 61.6 Å². The van der Waals surface area contributed by atoms with Crippen molar-refractivity contribution >= 4 is 21.6 Å². The third kappa shape index (κ3) is 3.14. The van der Waals surface area contributed by atoms with Crippen LogP contribution in [0.2, 0.25) is 0 Å². The molecule has 1 heterocycles. The molecule has 0 unspecified atom stereocenters. The van der Waals surface area contributed by atoms with Crippen LogP contribution in [-0.4, -0.2) is 11.5 Å². The van der Waals surface area contributed by atoms with Crippen LogP contribution in [0.15, 0.2) is 24.3 Å². The van der Waals surface area contributed by atoms with Gasteiger partial charge in [0.05, 0.1) is 15.2 Å². The number of hydrogen-bond donors (Lipinski definition) is 1. The Balaban J connectivity index is 1.75. The summed E-state index contributed by atoms with van der Waals surface area (Å²) in [5.74, 6) is 1.70. The Hall–Kier alpha value is -0.930. The van der Waals surface area contributed by atoms with Gasteiger partial charge in [-0.15, -0.1) is 11.3 Å². The molecular formula is C18H26N2S. The van der Waals surface area contributed by atoms with Crippen LogP contribution in [0.4, 0.5) is 0 Å². The van der Waals surface area contributed by atoms with Gasteiger partial charge in [-0.25, -0.2) is 4.98 Å². The Morgan fingerprint density at radius 3 is 2.62 bits per heavy atom. The Morgan fingerprint density at radius 2 is 2.00 bits per heavy atom. The predicted molar refractivity (Wildman–Crippen MR) is 91.6 cm³/mol. The number of rotatable bonds is 4. The van der Waals surface area contributed by atoms with Crippen LogP contribution in [0.1, 0.15) is 44.5 Å². The summed E-state index contributed by atoms with van der Waals surface area (Å²) < 4.78 is 1.30. The number of hydrogen-bond acceptors (Lipinski definition) is 3. The normalized spacial score (nSPS) is 26.6. The second-order valence-corrected chi connectivity index (χ2v) is 8.15. The highest BCUT2D eigenvalue weighted by Crippen LogP contribution is 2.43. The fraction of sp³-hybridized carbons (Fsp3) is 0.611. The molecule has 1 aromatic carbocycles. The van der Waals surface area contributed by atoms with Crippen molar-refractivity contribution in [3.8, 4) is 0 Å². The molecule has 2 nitrogen and oxygen atoms in total.